The molecule has 7 nitrogen and oxygen atoms in total. The van der Waals surface area contributed by atoms with Crippen molar-refractivity contribution in [2.45, 2.75) is 77.7 Å². The highest BCUT2D eigenvalue weighted by Crippen LogP contribution is 2.27. The van der Waals surface area contributed by atoms with Crippen LogP contribution in [0.5, 0.6) is 5.75 Å². The predicted octanol–water partition coefficient (Wildman–Crippen LogP) is 4.17. The van der Waals surface area contributed by atoms with Crippen LogP contribution in [0.4, 0.5) is 10.1 Å². The van der Waals surface area contributed by atoms with Crippen LogP contribution in [-0.4, -0.2) is 41.7 Å². The normalized spacial score (nSPS) is 19.0. The van der Waals surface area contributed by atoms with Gasteiger partial charge in [0.2, 0.25) is 6.41 Å². The summed E-state index contributed by atoms with van der Waals surface area (Å²) >= 11 is 0. The quantitative estimate of drug-likeness (QED) is 0.678. The number of ether oxygens (including phenoxy) is 2. The van der Waals surface area contributed by atoms with Gasteiger partial charge in [0.1, 0.15) is 17.7 Å². The molecule has 2 unspecified atom stereocenters. The van der Waals surface area contributed by atoms with Crippen molar-refractivity contribution < 1.29 is 23.5 Å². The van der Waals surface area contributed by atoms with E-state index in [1.54, 1.807) is 18.3 Å². The summed E-state index contributed by atoms with van der Waals surface area (Å²) < 4.78 is 23.6. The zero-order valence-electron chi connectivity index (χ0n) is 19.7. The second-order valence-electron chi connectivity index (χ2n) is 8.38. The van der Waals surface area contributed by atoms with Crippen LogP contribution in [0.3, 0.4) is 0 Å². The first-order valence-corrected chi connectivity index (χ1v) is 11.2. The number of hydrogen-bond donors (Lipinski definition) is 1. The molecule has 2 heterocycles. The Labute approximate surface area is 195 Å². The zero-order valence-corrected chi connectivity index (χ0v) is 19.7. The average molecular weight is 460 g/mol. The molecule has 0 bridgehead atoms. The van der Waals surface area contributed by atoms with Gasteiger partial charge in [0, 0.05) is 29.7 Å². The van der Waals surface area contributed by atoms with Crippen LogP contribution in [0.25, 0.3) is 0 Å². The lowest BCUT2D eigenvalue weighted by molar-refractivity contribution is -0.129. The number of rotatable bonds is 5. The van der Waals surface area contributed by atoms with E-state index in [2.05, 4.69) is 10.7 Å². The van der Waals surface area contributed by atoms with Crippen molar-refractivity contribution in [3.05, 3.63) is 54.1 Å². The topological polar surface area (TPSA) is 94.8 Å². The molecule has 180 valence electrons. The Morgan fingerprint density at radius 3 is 2.45 bits per heavy atom. The molecule has 2 aromatic rings. The molecule has 2 fully saturated rings. The van der Waals surface area contributed by atoms with Crippen LogP contribution in [0.2, 0.25) is 0 Å². The lowest BCUT2D eigenvalue weighted by atomic mass is 10.1. The van der Waals surface area contributed by atoms with Gasteiger partial charge < -0.3 is 20.1 Å². The smallest absolute Gasteiger partial charge is 0.256 e. The maximum Gasteiger partial charge on any atom is 0.256 e. The number of aromatic nitrogens is 1. The van der Waals surface area contributed by atoms with Gasteiger partial charge in [-0.05, 0) is 77.6 Å². The molecule has 4 rings (SSSR count). The summed E-state index contributed by atoms with van der Waals surface area (Å²) in [5.41, 5.74) is 5.98. The van der Waals surface area contributed by atoms with E-state index in [-0.39, 0.29) is 36.4 Å². The molecule has 8 heteroatoms. The molecule has 0 spiro atoms. The Kier molecular flexibility index (Phi) is 10.3. The molecular formula is C25H34FN3O4. The third-order valence-corrected chi connectivity index (χ3v) is 5.04. The summed E-state index contributed by atoms with van der Waals surface area (Å²) in [6.07, 6.45) is 6.20. The number of aryl methyl sites for hydroxylation is 1. The van der Waals surface area contributed by atoms with Gasteiger partial charge in [-0.1, -0.05) is 6.07 Å². The largest absolute Gasteiger partial charge is 0.490 e. The number of halogens is 1. The van der Waals surface area contributed by atoms with Gasteiger partial charge in [-0.15, -0.1) is 0 Å². The molecule has 2 atom stereocenters. The highest BCUT2D eigenvalue weighted by atomic mass is 19.1. The standard InChI is InChI=1S/C15H22N2O2.C9H9FO.CH3NO/c1-10(2)17(13-7-8-16-11(3)9-13)15(18)14-6-5-12(4)19-14;10-7-2-1-3-9(6-7)11-8-4-5-8;2-1-3/h7-10,12,14H,5-6H2,1-4H3;1-3,6,8H,4-5H2;1H,(H2,2,3). The minimum absolute atomic E-state index is 0.0601. The molecule has 1 aliphatic carbocycles. The van der Waals surface area contributed by atoms with Gasteiger partial charge in [0.05, 0.1) is 12.2 Å². The van der Waals surface area contributed by atoms with Gasteiger partial charge in [0.25, 0.3) is 5.91 Å². The average Bonchev–Trinajstić information content (AvgIpc) is 3.45. The number of carbonyl (C=O) groups excluding carboxylic acids is 2. The Morgan fingerprint density at radius 1 is 1.24 bits per heavy atom. The second kappa shape index (κ2) is 12.9. The maximum absolute atomic E-state index is 12.6. The van der Waals surface area contributed by atoms with Crippen molar-refractivity contribution in [2.24, 2.45) is 5.73 Å². The van der Waals surface area contributed by atoms with Crippen molar-refractivity contribution in [1.29, 1.82) is 0 Å². The van der Waals surface area contributed by atoms with Gasteiger partial charge in [-0.2, -0.15) is 0 Å². The molecule has 0 radical (unpaired) electrons. The first-order valence-electron chi connectivity index (χ1n) is 11.2. The molecule has 1 aliphatic heterocycles. The minimum Gasteiger partial charge on any atom is -0.490 e. The molecule has 2 aliphatic rings. The number of pyridine rings is 1. The summed E-state index contributed by atoms with van der Waals surface area (Å²) in [5.74, 6) is 0.473. The molecule has 1 aromatic carbocycles. The number of anilines is 1. The highest BCUT2D eigenvalue weighted by molar-refractivity contribution is 5.97. The van der Waals surface area contributed by atoms with E-state index in [9.17, 15) is 9.18 Å². The summed E-state index contributed by atoms with van der Waals surface area (Å²) in [7, 11) is 0. The Hall–Kier alpha value is -3.00. The first-order chi connectivity index (χ1) is 15.7. The van der Waals surface area contributed by atoms with Crippen LogP contribution >= 0.6 is 0 Å². The maximum atomic E-state index is 12.6. The number of primary amides is 1. The van der Waals surface area contributed by atoms with Gasteiger partial charge >= 0.3 is 0 Å². The van der Waals surface area contributed by atoms with E-state index in [4.69, 9.17) is 14.3 Å². The highest BCUT2D eigenvalue weighted by Gasteiger charge is 2.33. The molecule has 2 amide bonds. The summed E-state index contributed by atoms with van der Waals surface area (Å²) in [6.45, 7) is 7.99. The number of hydrogen-bond acceptors (Lipinski definition) is 5. The summed E-state index contributed by atoms with van der Waals surface area (Å²) in [4.78, 5) is 27.2. The van der Waals surface area contributed by atoms with Crippen LogP contribution in [-0.2, 0) is 14.3 Å². The van der Waals surface area contributed by atoms with Crippen molar-refractivity contribution in [3.8, 4) is 5.75 Å². The first kappa shape index (κ1) is 26.3. The summed E-state index contributed by atoms with van der Waals surface area (Å²) in [5, 5.41) is 0. The van der Waals surface area contributed by atoms with Crippen molar-refractivity contribution in [1.82, 2.24) is 4.98 Å². The van der Waals surface area contributed by atoms with Crippen LogP contribution in [0, 0.1) is 12.7 Å². The molecule has 33 heavy (non-hydrogen) atoms. The minimum atomic E-state index is -0.300. The van der Waals surface area contributed by atoms with Crippen molar-refractivity contribution >= 4 is 18.0 Å². The zero-order chi connectivity index (χ0) is 24.4. The second-order valence-corrected chi connectivity index (χ2v) is 8.38. The van der Waals surface area contributed by atoms with Gasteiger partial charge in [-0.25, -0.2) is 4.39 Å². The number of nitrogens with two attached hydrogens (primary N) is 1. The fraction of sp³-hybridized carbons (Fsp3) is 0.480. The number of amides is 2. The van der Waals surface area contributed by atoms with Crippen molar-refractivity contribution in [2.75, 3.05) is 4.90 Å². The Morgan fingerprint density at radius 2 is 1.94 bits per heavy atom. The SMILES string of the molecule is Cc1cc(N(C(=O)C2CCC(C)O2)C(C)C)ccn1.Fc1cccc(OC2CC2)c1.NC=O. The van der Waals surface area contributed by atoms with E-state index in [0.717, 1.165) is 37.1 Å². The lowest BCUT2D eigenvalue weighted by Crippen LogP contribution is -2.43. The number of carbonyl (C=O) groups is 2. The van der Waals surface area contributed by atoms with E-state index in [1.807, 2.05) is 44.7 Å². The fourth-order valence-corrected chi connectivity index (χ4v) is 3.42. The van der Waals surface area contributed by atoms with Crippen molar-refractivity contribution in [3.63, 3.8) is 0 Å². The number of nitrogens with zero attached hydrogens (tertiary/aromatic N) is 2. The third-order valence-electron chi connectivity index (χ3n) is 5.04. The van der Waals surface area contributed by atoms with E-state index >= 15 is 0 Å². The predicted molar refractivity (Wildman–Crippen MR) is 125 cm³/mol. The van der Waals surface area contributed by atoms with Crippen LogP contribution < -0.4 is 15.4 Å². The van der Waals surface area contributed by atoms with Gasteiger partial charge in [0.15, 0.2) is 0 Å². The molecule has 2 N–H and O–H groups in total. The number of benzene rings is 1. The van der Waals surface area contributed by atoms with Crippen LogP contribution in [0.15, 0.2) is 42.6 Å². The summed E-state index contributed by atoms with van der Waals surface area (Å²) in [6, 6.07) is 10.2. The Bertz CT molecular complexity index is 905. The Balaban J connectivity index is 0.000000231. The van der Waals surface area contributed by atoms with E-state index in [0.29, 0.717) is 11.9 Å². The van der Waals surface area contributed by atoms with E-state index < -0.39 is 0 Å². The fourth-order valence-electron chi connectivity index (χ4n) is 3.42. The van der Waals surface area contributed by atoms with Crippen LogP contribution in [0.1, 0.15) is 52.1 Å². The van der Waals surface area contributed by atoms with E-state index in [1.165, 1.54) is 12.1 Å². The molecular weight excluding hydrogens is 425 g/mol. The van der Waals surface area contributed by atoms with Gasteiger partial charge in [-0.3, -0.25) is 14.6 Å². The molecule has 1 saturated heterocycles. The molecule has 1 saturated carbocycles. The molecule has 1 aromatic heterocycles. The third kappa shape index (κ3) is 8.81. The lowest BCUT2D eigenvalue weighted by Gasteiger charge is -2.29. The monoisotopic (exact) mass is 459 g/mol.